The Balaban J connectivity index is 2.34. The predicted octanol–water partition coefficient (Wildman–Crippen LogP) is 1.71. The van der Waals surface area contributed by atoms with Crippen molar-refractivity contribution in [2.75, 3.05) is 5.32 Å². The smallest absolute Gasteiger partial charge is 0.262 e. The Hall–Kier alpha value is -2.42. The number of nitrogens with one attached hydrogen (secondary N) is 2. The zero-order chi connectivity index (χ0) is 14.9. The lowest BCUT2D eigenvalue weighted by Gasteiger charge is -2.07. The first-order valence-electron chi connectivity index (χ1n) is 5.19. The molecule has 0 atom stereocenters. The molecule has 1 amide bonds. The molecule has 4 N–H and O–H groups in total. The van der Waals surface area contributed by atoms with Gasteiger partial charge in [0.2, 0.25) is 0 Å². The number of H-pyrrole nitrogens is 1. The summed E-state index contributed by atoms with van der Waals surface area (Å²) in [5.41, 5.74) is 4.66. The number of aromatic nitrogens is 2. The lowest BCUT2D eigenvalue weighted by atomic mass is 10.1. The van der Waals surface area contributed by atoms with Crippen LogP contribution in [-0.4, -0.2) is 21.1 Å². The second kappa shape index (κ2) is 5.29. The highest BCUT2D eigenvalue weighted by Crippen LogP contribution is 2.18. The number of carbonyl (C=O) groups is 1. The lowest BCUT2D eigenvalue weighted by Crippen LogP contribution is -2.19. The summed E-state index contributed by atoms with van der Waals surface area (Å²) in [6.45, 7) is 0. The average molecular weight is 300 g/mol. The molecule has 0 bridgehead atoms. The van der Waals surface area contributed by atoms with Crippen LogP contribution in [0.5, 0.6) is 0 Å². The van der Waals surface area contributed by atoms with Crippen LogP contribution in [0.3, 0.4) is 0 Å². The van der Waals surface area contributed by atoms with Gasteiger partial charge in [-0.05, 0) is 0 Å². The molecule has 0 fully saturated rings. The molecule has 9 heteroatoms. The van der Waals surface area contributed by atoms with Crippen LogP contribution in [0.15, 0.2) is 18.3 Å². The van der Waals surface area contributed by atoms with Gasteiger partial charge in [-0.2, -0.15) is 5.10 Å². The maximum atomic E-state index is 13.4. The molecule has 0 spiro atoms. The van der Waals surface area contributed by atoms with E-state index >= 15 is 0 Å². The molecule has 0 radical (unpaired) electrons. The molecule has 1 heterocycles. The Morgan fingerprint density at radius 2 is 1.90 bits per heavy atom. The zero-order valence-electron chi connectivity index (χ0n) is 9.71. The number of thiocarbonyl (C=S) groups is 1. The van der Waals surface area contributed by atoms with E-state index in [1.165, 1.54) is 6.20 Å². The predicted molar refractivity (Wildman–Crippen MR) is 68.7 cm³/mol. The Labute approximate surface area is 116 Å². The number of nitrogens with zero attached hydrogens (tertiary/aromatic N) is 1. The number of nitrogens with two attached hydrogens (primary N) is 1. The normalized spacial score (nSPS) is 10.3. The fraction of sp³-hybridized carbons (Fsp3) is 0. The minimum Gasteiger partial charge on any atom is -0.389 e. The number of aromatic amines is 1. The number of rotatable bonds is 3. The summed E-state index contributed by atoms with van der Waals surface area (Å²) in [5.74, 6) is -4.90. The molecular weight excluding hydrogens is 293 g/mol. The van der Waals surface area contributed by atoms with Crippen molar-refractivity contribution in [1.82, 2.24) is 10.2 Å². The van der Waals surface area contributed by atoms with Crippen molar-refractivity contribution in [2.24, 2.45) is 5.73 Å². The standard InChI is InChI=1S/C11H7F3N4OS/c12-4-1-6(13)8(7(14)2-4)11(19)17-10-5(9(15)20)3-16-18-10/h1-3H,(H2,15,20)(H2,16,17,18,19). The fourth-order valence-electron chi connectivity index (χ4n) is 1.50. The van der Waals surface area contributed by atoms with Crippen LogP contribution in [0.25, 0.3) is 0 Å². The van der Waals surface area contributed by atoms with Gasteiger partial charge in [-0.1, -0.05) is 12.2 Å². The van der Waals surface area contributed by atoms with Gasteiger partial charge in [0.15, 0.2) is 0 Å². The summed E-state index contributed by atoms with van der Waals surface area (Å²) >= 11 is 4.71. The third-order valence-electron chi connectivity index (χ3n) is 2.38. The van der Waals surface area contributed by atoms with Gasteiger partial charge in [-0.15, -0.1) is 0 Å². The average Bonchev–Trinajstić information content (AvgIpc) is 2.75. The van der Waals surface area contributed by atoms with Gasteiger partial charge in [0.1, 0.15) is 33.8 Å². The molecule has 2 aromatic rings. The van der Waals surface area contributed by atoms with E-state index in [9.17, 15) is 18.0 Å². The van der Waals surface area contributed by atoms with Crippen molar-refractivity contribution in [3.05, 3.63) is 46.9 Å². The molecule has 0 aliphatic rings. The minimum absolute atomic E-state index is 0.00868. The van der Waals surface area contributed by atoms with Crippen molar-refractivity contribution >= 4 is 28.9 Å². The van der Waals surface area contributed by atoms with Crippen LogP contribution in [0, 0.1) is 17.5 Å². The third-order valence-corrected chi connectivity index (χ3v) is 2.60. The Morgan fingerprint density at radius 3 is 2.45 bits per heavy atom. The van der Waals surface area contributed by atoms with Crippen molar-refractivity contribution in [1.29, 1.82) is 0 Å². The number of benzene rings is 1. The van der Waals surface area contributed by atoms with Crippen LogP contribution in [-0.2, 0) is 0 Å². The summed E-state index contributed by atoms with van der Waals surface area (Å²) in [5, 5.41) is 8.13. The molecule has 0 saturated carbocycles. The molecule has 0 unspecified atom stereocenters. The SMILES string of the molecule is NC(=S)c1cn[nH]c1NC(=O)c1c(F)cc(F)cc1F. The van der Waals surface area contributed by atoms with Gasteiger partial charge in [-0.3, -0.25) is 9.89 Å². The lowest BCUT2D eigenvalue weighted by molar-refractivity contribution is 0.101. The van der Waals surface area contributed by atoms with Gasteiger partial charge in [0.25, 0.3) is 5.91 Å². The van der Waals surface area contributed by atoms with Gasteiger partial charge in [-0.25, -0.2) is 13.2 Å². The van der Waals surface area contributed by atoms with Crippen LogP contribution < -0.4 is 11.1 Å². The van der Waals surface area contributed by atoms with E-state index in [1.807, 2.05) is 0 Å². The largest absolute Gasteiger partial charge is 0.389 e. The monoisotopic (exact) mass is 300 g/mol. The van der Waals surface area contributed by atoms with E-state index < -0.39 is 28.9 Å². The molecular formula is C11H7F3N4OS. The maximum absolute atomic E-state index is 13.4. The highest BCUT2D eigenvalue weighted by molar-refractivity contribution is 7.80. The summed E-state index contributed by atoms with van der Waals surface area (Å²) < 4.78 is 39.6. The topological polar surface area (TPSA) is 83.8 Å². The van der Waals surface area contributed by atoms with E-state index in [0.717, 1.165) is 0 Å². The van der Waals surface area contributed by atoms with Crippen LogP contribution in [0.2, 0.25) is 0 Å². The first-order valence-corrected chi connectivity index (χ1v) is 5.60. The first kappa shape index (κ1) is 14.0. The van der Waals surface area contributed by atoms with Crippen molar-refractivity contribution in [2.45, 2.75) is 0 Å². The molecule has 0 aliphatic heterocycles. The van der Waals surface area contributed by atoms with E-state index in [-0.39, 0.29) is 16.4 Å². The number of amides is 1. The molecule has 104 valence electrons. The Bertz CT molecular complexity index is 678. The summed E-state index contributed by atoms with van der Waals surface area (Å²) in [6.07, 6.45) is 1.25. The van der Waals surface area contributed by atoms with Gasteiger partial charge in [0, 0.05) is 12.1 Å². The third kappa shape index (κ3) is 2.62. The van der Waals surface area contributed by atoms with Gasteiger partial charge >= 0.3 is 0 Å². The second-order valence-corrected chi connectivity index (χ2v) is 4.16. The molecule has 20 heavy (non-hydrogen) atoms. The second-order valence-electron chi connectivity index (χ2n) is 3.72. The fourth-order valence-corrected chi connectivity index (χ4v) is 1.66. The van der Waals surface area contributed by atoms with E-state index in [2.05, 4.69) is 15.5 Å². The summed E-state index contributed by atoms with van der Waals surface area (Å²) in [4.78, 5) is 11.7. The van der Waals surface area contributed by atoms with Crippen LogP contribution >= 0.6 is 12.2 Å². The Morgan fingerprint density at radius 1 is 1.30 bits per heavy atom. The Kier molecular flexibility index (Phi) is 3.70. The maximum Gasteiger partial charge on any atom is 0.262 e. The highest BCUT2D eigenvalue weighted by atomic mass is 32.1. The van der Waals surface area contributed by atoms with E-state index in [0.29, 0.717) is 12.1 Å². The molecule has 1 aromatic carbocycles. The molecule has 0 aliphatic carbocycles. The molecule has 0 saturated heterocycles. The van der Waals surface area contributed by atoms with Crippen molar-refractivity contribution < 1.29 is 18.0 Å². The highest BCUT2D eigenvalue weighted by Gasteiger charge is 2.21. The molecule has 2 rings (SSSR count). The van der Waals surface area contributed by atoms with Crippen molar-refractivity contribution in [3.8, 4) is 0 Å². The van der Waals surface area contributed by atoms with E-state index in [4.69, 9.17) is 18.0 Å². The van der Waals surface area contributed by atoms with Gasteiger partial charge < -0.3 is 11.1 Å². The van der Waals surface area contributed by atoms with Gasteiger partial charge in [0.05, 0.1) is 11.8 Å². The van der Waals surface area contributed by atoms with Crippen LogP contribution in [0.1, 0.15) is 15.9 Å². The summed E-state index contributed by atoms with van der Waals surface area (Å²) in [7, 11) is 0. The molecule has 1 aromatic heterocycles. The number of hydrogen-bond acceptors (Lipinski definition) is 3. The van der Waals surface area contributed by atoms with E-state index in [1.54, 1.807) is 0 Å². The first-order chi connectivity index (χ1) is 9.40. The number of anilines is 1. The number of halogens is 3. The van der Waals surface area contributed by atoms with Crippen molar-refractivity contribution in [3.63, 3.8) is 0 Å². The summed E-state index contributed by atoms with van der Waals surface area (Å²) in [6, 6.07) is 0.804. The zero-order valence-corrected chi connectivity index (χ0v) is 10.5. The number of hydrogen-bond donors (Lipinski definition) is 3. The quantitative estimate of drug-likeness (QED) is 0.754. The number of carbonyl (C=O) groups excluding carboxylic acids is 1. The minimum atomic E-state index is -1.32. The van der Waals surface area contributed by atoms with Crippen LogP contribution in [0.4, 0.5) is 19.0 Å². The molecule has 5 nitrogen and oxygen atoms in total.